The van der Waals surface area contributed by atoms with Crippen molar-refractivity contribution in [3.05, 3.63) is 47.9 Å². The van der Waals surface area contributed by atoms with E-state index in [1.54, 1.807) is 6.07 Å². The lowest BCUT2D eigenvalue weighted by Crippen LogP contribution is -2.15. The molecule has 0 bridgehead atoms. The van der Waals surface area contributed by atoms with Gasteiger partial charge in [-0.3, -0.25) is 4.79 Å². The summed E-state index contributed by atoms with van der Waals surface area (Å²) >= 11 is 0. The molecule has 5 heteroatoms. The van der Waals surface area contributed by atoms with E-state index < -0.39 is 0 Å². The molecule has 0 unspecified atom stereocenters. The molecule has 1 amide bonds. The van der Waals surface area contributed by atoms with Gasteiger partial charge in [-0.2, -0.15) is 0 Å². The smallest absolute Gasteiger partial charge is 0.274 e. The first-order valence-electron chi connectivity index (χ1n) is 6.67. The summed E-state index contributed by atoms with van der Waals surface area (Å²) in [5, 5.41) is 6.09. The maximum Gasteiger partial charge on any atom is 0.274 e. The summed E-state index contributed by atoms with van der Waals surface area (Å²) in [6.45, 7) is 1.98. The van der Waals surface area contributed by atoms with Gasteiger partial charge in [-0.25, -0.2) is 9.97 Å². The molecule has 1 aliphatic rings. The number of carbonyl (C=O) groups is 1. The number of carbonyl (C=O) groups excluding carboxylic acids is 1. The fourth-order valence-electron chi connectivity index (χ4n) is 1.92. The molecule has 0 saturated heterocycles. The van der Waals surface area contributed by atoms with Crippen molar-refractivity contribution in [2.45, 2.75) is 25.8 Å². The van der Waals surface area contributed by atoms with Crippen molar-refractivity contribution in [1.29, 1.82) is 0 Å². The Balaban J connectivity index is 1.72. The Morgan fingerprint density at radius 2 is 2.10 bits per heavy atom. The first-order valence-corrected chi connectivity index (χ1v) is 6.67. The van der Waals surface area contributed by atoms with Crippen molar-refractivity contribution in [3.63, 3.8) is 0 Å². The molecule has 1 aliphatic carbocycles. The molecule has 0 radical (unpaired) electrons. The number of hydrogen-bond acceptors (Lipinski definition) is 4. The van der Waals surface area contributed by atoms with Crippen molar-refractivity contribution in [2.24, 2.45) is 0 Å². The zero-order valence-corrected chi connectivity index (χ0v) is 11.3. The second kappa shape index (κ2) is 5.28. The minimum Gasteiger partial charge on any atom is -0.367 e. The van der Waals surface area contributed by atoms with Crippen LogP contribution in [0, 0.1) is 6.92 Å². The molecule has 1 saturated carbocycles. The van der Waals surface area contributed by atoms with Crippen LogP contribution in [0.5, 0.6) is 0 Å². The highest BCUT2D eigenvalue weighted by atomic mass is 16.1. The lowest BCUT2D eigenvalue weighted by Gasteiger charge is -2.07. The van der Waals surface area contributed by atoms with Gasteiger partial charge in [0.05, 0.1) is 0 Å². The third-order valence-corrected chi connectivity index (χ3v) is 3.11. The highest BCUT2D eigenvalue weighted by Gasteiger charge is 2.21. The molecule has 5 nitrogen and oxygen atoms in total. The number of amides is 1. The predicted octanol–water partition coefficient (Wildman–Crippen LogP) is 2.61. The molecule has 1 aromatic heterocycles. The molecule has 1 aromatic carbocycles. The van der Waals surface area contributed by atoms with Gasteiger partial charge >= 0.3 is 0 Å². The van der Waals surface area contributed by atoms with Gasteiger partial charge in [0.1, 0.15) is 17.8 Å². The third-order valence-electron chi connectivity index (χ3n) is 3.11. The van der Waals surface area contributed by atoms with Gasteiger partial charge in [-0.1, -0.05) is 12.1 Å². The Labute approximate surface area is 117 Å². The van der Waals surface area contributed by atoms with E-state index in [1.807, 2.05) is 31.2 Å². The molecular weight excluding hydrogens is 252 g/mol. The van der Waals surface area contributed by atoms with Crippen LogP contribution < -0.4 is 10.6 Å². The maximum absolute atomic E-state index is 12.1. The van der Waals surface area contributed by atoms with Gasteiger partial charge in [0.2, 0.25) is 0 Å². The number of aryl methyl sites for hydroxylation is 1. The Bertz CT molecular complexity index is 637. The van der Waals surface area contributed by atoms with E-state index in [9.17, 15) is 4.79 Å². The fraction of sp³-hybridized carbons (Fsp3) is 0.267. The summed E-state index contributed by atoms with van der Waals surface area (Å²) in [7, 11) is 0. The number of aromatic nitrogens is 2. The van der Waals surface area contributed by atoms with Gasteiger partial charge in [0.15, 0.2) is 0 Å². The van der Waals surface area contributed by atoms with Gasteiger partial charge in [0, 0.05) is 17.8 Å². The quantitative estimate of drug-likeness (QED) is 0.894. The Morgan fingerprint density at radius 3 is 2.85 bits per heavy atom. The molecule has 102 valence electrons. The average molecular weight is 268 g/mol. The van der Waals surface area contributed by atoms with Crippen molar-refractivity contribution in [2.75, 3.05) is 10.6 Å². The monoisotopic (exact) mass is 268 g/mol. The van der Waals surface area contributed by atoms with Gasteiger partial charge < -0.3 is 10.6 Å². The number of benzene rings is 1. The van der Waals surface area contributed by atoms with Crippen LogP contribution >= 0.6 is 0 Å². The van der Waals surface area contributed by atoms with E-state index in [1.165, 1.54) is 6.33 Å². The Hall–Kier alpha value is -2.43. The fourth-order valence-corrected chi connectivity index (χ4v) is 1.92. The number of hydrogen-bond donors (Lipinski definition) is 2. The molecule has 0 aliphatic heterocycles. The van der Waals surface area contributed by atoms with E-state index in [0.29, 0.717) is 17.6 Å². The van der Waals surface area contributed by atoms with Crippen molar-refractivity contribution in [3.8, 4) is 0 Å². The minimum atomic E-state index is -0.225. The first-order chi connectivity index (χ1) is 9.70. The third kappa shape index (κ3) is 3.12. The van der Waals surface area contributed by atoms with Gasteiger partial charge in [-0.05, 0) is 37.5 Å². The van der Waals surface area contributed by atoms with Gasteiger partial charge in [-0.15, -0.1) is 0 Å². The van der Waals surface area contributed by atoms with Crippen LogP contribution in [0.1, 0.15) is 28.9 Å². The van der Waals surface area contributed by atoms with Crippen LogP contribution in [0.4, 0.5) is 11.5 Å². The molecule has 0 spiro atoms. The van der Waals surface area contributed by atoms with Gasteiger partial charge in [0.25, 0.3) is 5.91 Å². The molecular formula is C15H16N4O. The van der Waals surface area contributed by atoms with E-state index in [-0.39, 0.29) is 5.91 Å². The molecule has 0 atom stereocenters. The number of rotatable bonds is 4. The van der Waals surface area contributed by atoms with Crippen molar-refractivity contribution >= 4 is 17.4 Å². The lowest BCUT2D eigenvalue weighted by atomic mass is 10.2. The molecule has 2 aromatic rings. The first kappa shape index (κ1) is 12.6. The van der Waals surface area contributed by atoms with E-state index in [0.717, 1.165) is 24.1 Å². The highest BCUT2D eigenvalue weighted by Crippen LogP contribution is 2.23. The van der Waals surface area contributed by atoms with E-state index in [2.05, 4.69) is 20.6 Å². The molecule has 1 fully saturated rings. The summed E-state index contributed by atoms with van der Waals surface area (Å²) in [6.07, 6.45) is 3.74. The zero-order valence-electron chi connectivity index (χ0n) is 11.3. The summed E-state index contributed by atoms with van der Waals surface area (Å²) in [4.78, 5) is 20.3. The van der Waals surface area contributed by atoms with Crippen LogP contribution in [0.2, 0.25) is 0 Å². The molecule has 20 heavy (non-hydrogen) atoms. The average Bonchev–Trinajstić information content (AvgIpc) is 3.23. The van der Waals surface area contributed by atoms with Crippen molar-refractivity contribution in [1.82, 2.24) is 9.97 Å². The SMILES string of the molecule is Cc1cccc(NC(=O)c2cc(NC3CC3)ncn2)c1. The second-order valence-corrected chi connectivity index (χ2v) is 5.03. The molecule has 1 heterocycles. The number of anilines is 2. The van der Waals surface area contributed by atoms with Crippen LogP contribution in [0.3, 0.4) is 0 Å². The van der Waals surface area contributed by atoms with E-state index >= 15 is 0 Å². The number of nitrogens with one attached hydrogen (secondary N) is 2. The molecule has 3 rings (SSSR count). The number of nitrogens with zero attached hydrogens (tertiary/aromatic N) is 2. The summed E-state index contributed by atoms with van der Waals surface area (Å²) in [6, 6.07) is 9.85. The van der Waals surface area contributed by atoms with Crippen molar-refractivity contribution < 1.29 is 4.79 Å². The predicted molar refractivity (Wildman–Crippen MR) is 77.8 cm³/mol. The normalized spacial score (nSPS) is 13.8. The Kier molecular flexibility index (Phi) is 3.33. The largest absolute Gasteiger partial charge is 0.367 e. The molecule has 2 N–H and O–H groups in total. The standard InChI is InChI=1S/C15H16N4O/c1-10-3-2-4-12(7-10)19-15(20)13-8-14(17-9-16-13)18-11-5-6-11/h2-4,7-9,11H,5-6H2,1H3,(H,19,20)(H,16,17,18). The van der Waals surface area contributed by atoms with Crippen LogP contribution in [0.25, 0.3) is 0 Å². The Morgan fingerprint density at radius 1 is 1.25 bits per heavy atom. The van der Waals surface area contributed by atoms with Crippen LogP contribution in [-0.4, -0.2) is 21.9 Å². The second-order valence-electron chi connectivity index (χ2n) is 5.03. The summed E-state index contributed by atoms with van der Waals surface area (Å²) in [5.41, 5.74) is 2.23. The van der Waals surface area contributed by atoms with Crippen LogP contribution in [0.15, 0.2) is 36.7 Å². The zero-order chi connectivity index (χ0) is 13.9. The summed E-state index contributed by atoms with van der Waals surface area (Å²) < 4.78 is 0. The highest BCUT2D eigenvalue weighted by molar-refractivity contribution is 6.03. The van der Waals surface area contributed by atoms with E-state index in [4.69, 9.17) is 0 Å². The van der Waals surface area contributed by atoms with Crippen LogP contribution in [-0.2, 0) is 0 Å². The maximum atomic E-state index is 12.1. The minimum absolute atomic E-state index is 0.225. The lowest BCUT2D eigenvalue weighted by molar-refractivity contribution is 0.102. The topological polar surface area (TPSA) is 66.9 Å². The summed E-state index contributed by atoms with van der Waals surface area (Å²) in [5.74, 6) is 0.480.